The Balaban J connectivity index is 2.43. The van der Waals surface area contributed by atoms with E-state index in [1.54, 1.807) is 0 Å². The molecule has 4 heteroatoms. The number of nitrogens with zero attached hydrogens (tertiary/aromatic N) is 2. The first-order valence-electron chi connectivity index (χ1n) is 5.88. The summed E-state index contributed by atoms with van der Waals surface area (Å²) >= 11 is 0. The zero-order chi connectivity index (χ0) is 12.9. The normalized spacial score (nSPS) is 11.8. The molecule has 0 aromatic carbocycles. The van der Waals surface area contributed by atoms with Crippen LogP contribution in [0.5, 0.6) is 0 Å². The third-order valence-electron chi connectivity index (χ3n) is 2.26. The van der Waals surface area contributed by atoms with E-state index in [2.05, 4.69) is 16.1 Å². The molecular weight excluding hydrogens is 214 g/mol. The van der Waals surface area contributed by atoms with Crippen LogP contribution in [0.1, 0.15) is 26.5 Å². The van der Waals surface area contributed by atoms with Gasteiger partial charge in [-0.1, -0.05) is 12.2 Å². The molecule has 1 aromatic heterocycles. The number of aromatic nitrogens is 2. The van der Waals surface area contributed by atoms with E-state index in [0.717, 1.165) is 24.2 Å². The summed E-state index contributed by atoms with van der Waals surface area (Å²) in [4.78, 5) is 4.15. The average molecular weight is 237 g/mol. The number of nitrogens with two attached hydrogens (primary N) is 1. The van der Waals surface area contributed by atoms with Crippen LogP contribution in [-0.4, -0.2) is 28.3 Å². The summed E-state index contributed by atoms with van der Waals surface area (Å²) in [7, 11) is 0. The third kappa shape index (κ3) is 5.65. The van der Waals surface area contributed by atoms with Crippen LogP contribution in [0, 0.1) is 0 Å². The second kappa shape index (κ2) is 5.98. The molecule has 2 N–H and O–H groups in total. The quantitative estimate of drug-likeness (QED) is 0.580. The van der Waals surface area contributed by atoms with Gasteiger partial charge in [-0.05, 0) is 20.8 Å². The van der Waals surface area contributed by atoms with Gasteiger partial charge in [0.25, 0.3) is 0 Å². The average Bonchev–Trinajstić information content (AvgIpc) is 2.57. The number of hydrogen-bond acceptors (Lipinski definition) is 3. The Kier molecular flexibility index (Phi) is 4.90. The van der Waals surface area contributed by atoms with Gasteiger partial charge in [-0.3, -0.25) is 0 Å². The number of imidazole rings is 1. The molecule has 0 saturated heterocycles. The van der Waals surface area contributed by atoms with Crippen molar-refractivity contribution in [1.29, 1.82) is 0 Å². The molecule has 0 fully saturated rings. The maximum atomic E-state index is 6.01. The summed E-state index contributed by atoms with van der Waals surface area (Å²) in [6, 6.07) is 0. The molecule has 1 aromatic rings. The number of ether oxygens (including phenoxy) is 1. The Labute approximate surface area is 103 Å². The van der Waals surface area contributed by atoms with Crippen molar-refractivity contribution in [2.75, 3.05) is 13.2 Å². The highest BCUT2D eigenvalue weighted by Gasteiger charge is 2.14. The van der Waals surface area contributed by atoms with E-state index in [4.69, 9.17) is 10.5 Å². The summed E-state index contributed by atoms with van der Waals surface area (Å²) in [5.41, 5.74) is 7.98. The molecule has 0 amide bonds. The van der Waals surface area contributed by atoms with E-state index >= 15 is 0 Å². The summed E-state index contributed by atoms with van der Waals surface area (Å²) in [6.07, 6.45) is 4.51. The van der Waals surface area contributed by atoms with Crippen LogP contribution in [0.3, 0.4) is 0 Å². The van der Waals surface area contributed by atoms with Crippen LogP contribution < -0.4 is 5.73 Å². The Bertz CT molecular complexity index is 363. The van der Waals surface area contributed by atoms with Crippen LogP contribution in [-0.2, 0) is 17.7 Å². The molecule has 0 spiro atoms. The molecule has 0 unspecified atom stereocenters. The Morgan fingerprint density at radius 1 is 1.59 bits per heavy atom. The van der Waals surface area contributed by atoms with E-state index < -0.39 is 0 Å². The highest BCUT2D eigenvalue weighted by atomic mass is 16.5. The van der Waals surface area contributed by atoms with Crippen LogP contribution in [0.4, 0.5) is 0 Å². The molecule has 0 atom stereocenters. The van der Waals surface area contributed by atoms with Crippen molar-refractivity contribution in [2.24, 2.45) is 5.73 Å². The zero-order valence-electron chi connectivity index (χ0n) is 11.1. The lowest BCUT2D eigenvalue weighted by atomic mass is 10.0. The van der Waals surface area contributed by atoms with Gasteiger partial charge in [0.15, 0.2) is 0 Å². The lowest BCUT2D eigenvalue weighted by Gasteiger charge is -2.19. The van der Waals surface area contributed by atoms with Crippen molar-refractivity contribution in [1.82, 2.24) is 9.55 Å². The van der Waals surface area contributed by atoms with Gasteiger partial charge in [-0.2, -0.15) is 0 Å². The van der Waals surface area contributed by atoms with Crippen molar-refractivity contribution in [3.8, 4) is 0 Å². The maximum absolute atomic E-state index is 6.01. The predicted octanol–water partition coefficient (Wildman–Crippen LogP) is 1.76. The maximum Gasteiger partial charge on any atom is 0.0948 e. The third-order valence-corrected chi connectivity index (χ3v) is 2.26. The highest BCUT2D eigenvalue weighted by molar-refractivity contribution is 5.03. The molecule has 0 aliphatic carbocycles. The fraction of sp³-hybridized carbons (Fsp3) is 0.615. The van der Waals surface area contributed by atoms with E-state index in [0.29, 0.717) is 13.2 Å². The molecule has 0 aliphatic heterocycles. The largest absolute Gasteiger partial charge is 0.375 e. The molecule has 0 bridgehead atoms. The minimum atomic E-state index is -0.212. The smallest absolute Gasteiger partial charge is 0.0948 e. The van der Waals surface area contributed by atoms with Crippen molar-refractivity contribution in [2.45, 2.75) is 39.3 Å². The van der Waals surface area contributed by atoms with Gasteiger partial charge >= 0.3 is 0 Å². The molecular formula is C13H23N3O. The number of hydrogen-bond donors (Lipinski definition) is 1. The van der Waals surface area contributed by atoms with Gasteiger partial charge in [-0.15, -0.1) is 0 Å². The molecule has 96 valence electrons. The van der Waals surface area contributed by atoms with E-state index in [1.807, 2.05) is 33.3 Å². The van der Waals surface area contributed by atoms with Crippen molar-refractivity contribution < 1.29 is 4.74 Å². The lowest BCUT2D eigenvalue weighted by molar-refractivity contribution is 0.146. The van der Waals surface area contributed by atoms with Gasteiger partial charge in [-0.25, -0.2) is 4.98 Å². The van der Waals surface area contributed by atoms with Crippen LogP contribution in [0.25, 0.3) is 0 Å². The van der Waals surface area contributed by atoms with Gasteiger partial charge in [0.05, 0.1) is 19.5 Å². The van der Waals surface area contributed by atoms with Gasteiger partial charge in [0.2, 0.25) is 0 Å². The topological polar surface area (TPSA) is 53.1 Å². The lowest BCUT2D eigenvalue weighted by Crippen LogP contribution is -2.35. The van der Waals surface area contributed by atoms with Crippen molar-refractivity contribution >= 4 is 0 Å². The minimum absolute atomic E-state index is 0.212. The summed E-state index contributed by atoms with van der Waals surface area (Å²) < 4.78 is 7.56. The van der Waals surface area contributed by atoms with Crippen LogP contribution in [0.2, 0.25) is 0 Å². The predicted molar refractivity (Wildman–Crippen MR) is 69.8 cm³/mol. The van der Waals surface area contributed by atoms with Gasteiger partial charge in [0.1, 0.15) is 0 Å². The van der Waals surface area contributed by atoms with E-state index in [-0.39, 0.29) is 5.54 Å². The van der Waals surface area contributed by atoms with Gasteiger partial charge < -0.3 is 15.0 Å². The Morgan fingerprint density at radius 3 is 2.88 bits per heavy atom. The molecule has 4 nitrogen and oxygen atoms in total. The summed E-state index contributed by atoms with van der Waals surface area (Å²) in [5, 5.41) is 0. The molecule has 17 heavy (non-hydrogen) atoms. The monoisotopic (exact) mass is 237 g/mol. The van der Waals surface area contributed by atoms with Crippen LogP contribution >= 0.6 is 0 Å². The molecule has 1 heterocycles. The fourth-order valence-corrected chi connectivity index (χ4v) is 1.57. The molecule has 1 rings (SSSR count). The highest BCUT2D eigenvalue weighted by Crippen LogP contribution is 2.09. The second-order valence-electron chi connectivity index (χ2n) is 5.25. The zero-order valence-corrected chi connectivity index (χ0v) is 11.1. The minimum Gasteiger partial charge on any atom is -0.375 e. The first-order chi connectivity index (χ1) is 7.88. The van der Waals surface area contributed by atoms with E-state index in [1.165, 1.54) is 0 Å². The van der Waals surface area contributed by atoms with Crippen molar-refractivity contribution in [3.05, 3.63) is 30.4 Å². The van der Waals surface area contributed by atoms with Gasteiger partial charge in [0, 0.05) is 30.4 Å². The standard InChI is InChI=1S/C13H23N3O/c1-11(2)9-17-6-5-16-10-15-8-12(16)7-13(3,4)14/h8,10H,1,5-7,9,14H2,2-4H3. The molecule has 0 aliphatic rings. The summed E-state index contributed by atoms with van der Waals surface area (Å²) in [5.74, 6) is 0. The molecule has 0 saturated carbocycles. The van der Waals surface area contributed by atoms with E-state index in [9.17, 15) is 0 Å². The fourth-order valence-electron chi connectivity index (χ4n) is 1.57. The van der Waals surface area contributed by atoms with Crippen molar-refractivity contribution in [3.63, 3.8) is 0 Å². The second-order valence-corrected chi connectivity index (χ2v) is 5.25. The Hall–Kier alpha value is -1.13. The Morgan fingerprint density at radius 2 is 2.29 bits per heavy atom. The number of rotatable bonds is 7. The first kappa shape index (κ1) is 13.9. The SMILES string of the molecule is C=C(C)COCCn1cncc1CC(C)(C)N. The van der Waals surface area contributed by atoms with Crippen LogP contribution in [0.15, 0.2) is 24.7 Å². The molecule has 0 radical (unpaired) electrons. The first-order valence-corrected chi connectivity index (χ1v) is 5.88. The summed E-state index contributed by atoms with van der Waals surface area (Å²) in [6.45, 7) is 11.9.